The molecule has 27 heavy (non-hydrogen) atoms. The van der Waals surface area contributed by atoms with E-state index >= 15 is 0 Å². The van der Waals surface area contributed by atoms with Gasteiger partial charge in [0.1, 0.15) is 5.75 Å². The molecule has 1 aromatic rings. The van der Waals surface area contributed by atoms with Gasteiger partial charge in [-0.05, 0) is 31.0 Å². The van der Waals surface area contributed by atoms with Gasteiger partial charge in [0.15, 0.2) is 0 Å². The highest BCUT2D eigenvalue weighted by Gasteiger charge is 1.96. The minimum absolute atomic E-state index is 0.863. The first-order valence-corrected chi connectivity index (χ1v) is 12.0. The maximum atomic E-state index is 5.81. The highest BCUT2D eigenvalue weighted by molar-refractivity contribution is 5.27. The van der Waals surface area contributed by atoms with Crippen molar-refractivity contribution in [1.82, 2.24) is 0 Å². The lowest BCUT2D eigenvalue weighted by atomic mass is 10.0. The number of hydrogen-bond donors (Lipinski definition) is 0. The van der Waals surface area contributed by atoms with Gasteiger partial charge in [0.2, 0.25) is 0 Å². The monoisotopic (exact) mass is 374 g/mol. The quantitative estimate of drug-likeness (QED) is 0.219. The van der Waals surface area contributed by atoms with Crippen molar-refractivity contribution in [3.63, 3.8) is 0 Å². The Morgan fingerprint density at radius 1 is 0.593 bits per heavy atom. The van der Waals surface area contributed by atoms with Gasteiger partial charge in [0, 0.05) is 0 Å². The highest BCUT2D eigenvalue weighted by atomic mass is 16.5. The van der Waals surface area contributed by atoms with Crippen molar-refractivity contribution in [2.45, 2.75) is 123 Å². The van der Waals surface area contributed by atoms with Crippen LogP contribution in [-0.2, 0) is 0 Å². The van der Waals surface area contributed by atoms with E-state index in [-0.39, 0.29) is 0 Å². The summed E-state index contributed by atoms with van der Waals surface area (Å²) in [6, 6.07) is 8.36. The Hall–Kier alpha value is -0.980. The molecule has 0 saturated carbocycles. The Kier molecular flexibility index (Phi) is 16.4. The third kappa shape index (κ3) is 15.7. The van der Waals surface area contributed by atoms with Gasteiger partial charge in [0.25, 0.3) is 0 Å². The maximum absolute atomic E-state index is 5.81. The molecule has 1 aromatic carbocycles. The minimum Gasteiger partial charge on any atom is -0.494 e. The fraction of sp³-hybridized carbons (Fsp3) is 0.769. The second-order valence-corrected chi connectivity index (χ2v) is 8.32. The molecule has 1 rings (SSSR count). The highest BCUT2D eigenvalue weighted by Crippen LogP contribution is 2.15. The Balaban J connectivity index is 1.72. The van der Waals surface area contributed by atoms with Crippen molar-refractivity contribution in [3.05, 3.63) is 29.8 Å². The van der Waals surface area contributed by atoms with E-state index in [1.165, 1.54) is 115 Å². The number of hydrogen-bond acceptors (Lipinski definition) is 1. The lowest BCUT2D eigenvalue weighted by Gasteiger charge is -2.07. The van der Waals surface area contributed by atoms with Crippen LogP contribution in [0.4, 0.5) is 0 Å². The van der Waals surface area contributed by atoms with Gasteiger partial charge in [-0.25, -0.2) is 0 Å². The van der Waals surface area contributed by atoms with E-state index in [1.807, 2.05) is 0 Å². The zero-order valence-electron chi connectivity index (χ0n) is 18.4. The number of unbranched alkanes of at least 4 members (excludes halogenated alkanes) is 16. The molecule has 0 saturated heterocycles. The average molecular weight is 375 g/mol. The molecule has 0 aliphatic rings. The van der Waals surface area contributed by atoms with Crippen LogP contribution in [0.25, 0.3) is 0 Å². The first kappa shape index (κ1) is 24.1. The molecule has 0 bridgehead atoms. The molecule has 0 fully saturated rings. The smallest absolute Gasteiger partial charge is 0.119 e. The maximum Gasteiger partial charge on any atom is 0.119 e. The molecule has 0 aliphatic heterocycles. The molecule has 0 amide bonds. The molecular formula is C26H46O. The van der Waals surface area contributed by atoms with Crippen molar-refractivity contribution in [2.24, 2.45) is 0 Å². The van der Waals surface area contributed by atoms with Crippen LogP contribution in [0.15, 0.2) is 24.3 Å². The van der Waals surface area contributed by atoms with Gasteiger partial charge in [-0.3, -0.25) is 0 Å². The van der Waals surface area contributed by atoms with Crippen molar-refractivity contribution in [3.8, 4) is 5.75 Å². The van der Waals surface area contributed by atoms with Crippen molar-refractivity contribution >= 4 is 0 Å². The van der Waals surface area contributed by atoms with E-state index in [4.69, 9.17) is 4.74 Å². The first-order chi connectivity index (χ1) is 13.3. The van der Waals surface area contributed by atoms with E-state index in [9.17, 15) is 0 Å². The van der Waals surface area contributed by atoms with Crippen LogP contribution >= 0.6 is 0 Å². The van der Waals surface area contributed by atoms with E-state index in [2.05, 4.69) is 38.1 Å². The van der Waals surface area contributed by atoms with Crippen LogP contribution < -0.4 is 4.74 Å². The molecule has 1 nitrogen and oxygen atoms in total. The normalized spacial score (nSPS) is 11.0. The van der Waals surface area contributed by atoms with Crippen LogP contribution in [0.2, 0.25) is 0 Å². The molecule has 0 aromatic heterocycles. The summed E-state index contributed by atoms with van der Waals surface area (Å²) < 4.78 is 5.81. The summed E-state index contributed by atoms with van der Waals surface area (Å²) in [6.45, 7) is 5.27. The fourth-order valence-corrected chi connectivity index (χ4v) is 3.72. The van der Waals surface area contributed by atoms with E-state index in [0.29, 0.717) is 0 Å². The van der Waals surface area contributed by atoms with Crippen molar-refractivity contribution in [2.75, 3.05) is 6.61 Å². The van der Waals surface area contributed by atoms with Crippen LogP contribution in [0.5, 0.6) is 5.75 Å². The summed E-state index contributed by atoms with van der Waals surface area (Å²) >= 11 is 0. The number of aryl methyl sites for hydroxylation is 1. The van der Waals surface area contributed by atoms with Crippen molar-refractivity contribution < 1.29 is 4.74 Å². The van der Waals surface area contributed by atoms with E-state index in [1.54, 1.807) is 0 Å². The summed E-state index contributed by atoms with van der Waals surface area (Å²) in [4.78, 5) is 0. The minimum atomic E-state index is 0.863. The van der Waals surface area contributed by atoms with Gasteiger partial charge in [-0.1, -0.05) is 122 Å². The molecule has 0 atom stereocenters. The number of ether oxygens (including phenoxy) is 1. The molecule has 0 spiro atoms. The molecule has 0 radical (unpaired) electrons. The Morgan fingerprint density at radius 2 is 1.04 bits per heavy atom. The molecular weight excluding hydrogens is 328 g/mol. The topological polar surface area (TPSA) is 9.23 Å². The number of benzene rings is 1. The van der Waals surface area contributed by atoms with Gasteiger partial charge in [-0.2, -0.15) is 0 Å². The predicted molar refractivity (Wildman–Crippen MR) is 121 cm³/mol. The van der Waals surface area contributed by atoms with Gasteiger partial charge >= 0.3 is 0 Å². The average Bonchev–Trinajstić information content (AvgIpc) is 2.67. The zero-order valence-corrected chi connectivity index (χ0v) is 18.4. The lowest BCUT2D eigenvalue weighted by molar-refractivity contribution is 0.304. The SMILES string of the molecule is CCCCCCCCCCCCCCCCCCCOc1cccc(C)c1. The Bertz CT molecular complexity index is 426. The standard InChI is InChI=1S/C26H46O/c1-3-4-5-6-7-8-9-10-11-12-13-14-15-16-17-18-19-23-27-26-22-20-21-25(2)24-26/h20-22,24H,3-19,23H2,1-2H3. The molecule has 0 heterocycles. The zero-order chi connectivity index (χ0) is 19.4. The summed E-state index contributed by atoms with van der Waals surface area (Å²) in [5.74, 6) is 1.02. The number of rotatable bonds is 19. The Morgan fingerprint density at radius 3 is 1.48 bits per heavy atom. The van der Waals surface area contributed by atoms with Crippen molar-refractivity contribution in [1.29, 1.82) is 0 Å². The van der Waals surface area contributed by atoms with Crippen LogP contribution in [-0.4, -0.2) is 6.61 Å². The summed E-state index contributed by atoms with van der Waals surface area (Å²) in [5, 5.41) is 0. The summed E-state index contributed by atoms with van der Waals surface area (Å²) in [5.41, 5.74) is 1.27. The molecule has 156 valence electrons. The second kappa shape index (κ2) is 18.4. The lowest BCUT2D eigenvalue weighted by Crippen LogP contribution is -1.97. The molecule has 0 unspecified atom stereocenters. The summed E-state index contributed by atoms with van der Waals surface area (Å²) in [7, 11) is 0. The summed E-state index contributed by atoms with van der Waals surface area (Å²) in [6.07, 6.45) is 24.1. The fourth-order valence-electron chi connectivity index (χ4n) is 3.72. The van der Waals surface area contributed by atoms with Gasteiger partial charge in [0.05, 0.1) is 6.61 Å². The van der Waals surface area contributed by atoms with Gasteiger partial charge < -0.3 is 4.74 Å². The first-order valence-electron chi connectivity index (χ1n) is 12.0. The largest absolute Gasteiger partial charge is 0.494 e. The molecule has 0 aliphatic carbocycles. The molecule has 1 heteroatoms. The van der Waals surface area contributed by atoms with E-state index < -0.39 is 0 Å². The van der Waals surface area contributed by atoms with Crippen LogP contribution in [0.3, 0.4) is 0 Å². The van der Waals surface area contributed by atoms with Crippen LogP contribution in [0, 0.1) is 6.92 Å². The predicted octanol–water partition coefficient (Wildman–Crippen LogP) is 9.03. The second-order valence-electron chi connectivity index (χ2n) is 8.32. The Labute approximate surface area is 170 Å². The third-order valence-corrected chi connectivity index (χ3v) is 5.51. The van der Waals surface area contributed by atoms with E-state index in [0.717, 1.165) is 12.4 Å². The molecule has 0 N–H and O–H groups in total. The van der Waals surface area contributed by atoms with Crippen LogP contribution in [0.1, 0.15) is 122 Å². The van der Waals surface area contributed by atoms with Gasteiger partial charge in [-0.15, -0.1) is 0 Å². The third-order valence-electron chi connectivity index (χ3n) is 5.51.